The number of hydrogen-bond donors (Lipinski definition) is 0. The maximum atomic E-state index is 14.3. The standard InChI is InChI=1S/C19H18F4O/c1-2-3-11-6-15(20)18(16(21)7-11)13-5-4-12-9-17(19(22)23)24-10-14(12)8-13/h4-8,17,19H,2-3,9-10H2,1H3. The fourth-order valence-corrected chi connectivity index (χ4v) is 3.08. The van der Waals surface area contributed by atoms with Crippen LogP contribution in [-0.4, -0.2) is 12.5 Å². The van der Waals surface area contributed by atoms with Crippen molar-refractivity contribution in [2.24, 2.45) is 0 Å². The van der Waals surface area contributed by atoms with Gasteiger partial charge in [-0.15, -0.1) is 0 Å². The lowest BCUT2D eigenvalue weighted by Gasteiger charge is -2.25. The summed E-state index contributed by atoms with van der Waals surface area (Å²) in [6, 6.07) is 7.56. The maximum Gasteiger partial charge on any atom is 0.264 e. The Morgan fingerprint density at radius 2 is 1.79 bits per heavy atom. The number of fused-ring (bicyclic) bond motifs is 1. The largest absolute Gasteiger partial charge is 0.367 e. The van der Waals surface area contributed by atoms with Gasteiger partial charge in [0.25, 0.3) is 6.43 Å². The molecular weight excluding hydrogens is 320 g/mol. The van der Waals surface area contributed by atoms with E-state index in [1.54, 1.807) is 18.2 Å². The van der Waals surface area contributed by atoms with Crippen LogP contribution in [0.2, 0.25) is 0 Å². The summed E-state index contributed by atoms with van der Waals surface area (Å²) in [7, 11) is 0. The molecule has 0 saturated heterocycles. The predicted octanol–water partition coefficient (Wildman–Crippen LogP) is 5.29. The van der Waals surface area contributed by atoms with Gasteiger partial charge in [0.15, 0.2) is 0 Å². The fraction of sp³-hybridized carbons (Fsp3) is 0.368. The predicted molar refractivity (Wildman–Crippen MR) is 84.1 cm³/mol. The average Bonchev–Trinajstić information content (AvgIpc) is 2.54. The Kier molecular flexibility index (Phi) is 4.90. The van der Waals surface area contributed by atoms with Crippen molar-refractivity contribution in [3.63, 3.8) is 0 Å². The first-order valence-corrected chi connectivity index (χ1v) is 7.99. The highest BCUT2D eigenvalue weighted by molar-refractivity contribution is 5.67. The first kappa shape index (κ1) is 17.0. The monoisotopic (exact) mass is 338 g/mol. The van der Waals surface area contributed by atoms with Crippen LogP contribution >= 0.6 is 0 Å². The Morgan fingerprint density at radius 1 is 1.08 bits per heavy atom. The van der Waals surface area contributed by atoms with Crippen LogP contribution < -0.4 is 0 Å². The van der Waals surface area contributed by atoms with E-state index in [1.807, 2.05) is 6.92 Å². The minimum absolute atomic E-state index is 0.0232. The van der Waals surface area contributed by atoms with Crippen LogP contribution in [0.5, 0.6) is 0 Å². The molecule has 0 amide bonds. The van der Waals surface area contributed by atoms with E-state index in [1.165, 1.54) is 12.1 Å². The molecule has 0 spiro atoms. The van der Waals surface area contributed by atoms with Crippen LogP contribution in [0.3, 0.4) is 0 Å². The lowest BCUT2D eigenvalue weighted by atomic mass is 9.93. The van der Waals surface area contributed by atoms with Gasteiger partial charge >= 0.3 is 0 Å². The molecule has 5 heteroatoms. The molecule has 24 heavy (non-hydrogen) atoms. The Bertz CT molecular complexity index is 719. The molecule has 0 fully saturated rings. The first-order chi connectivity index (χ1) is 11.5. The van der Waals surface area contributed by atoms with E-state index < -0.39 is 24.2 Å². The average molecular weight is 338 g/mol. The van der Waals surface area contributed by atoms with Crippen molar-refractivity contribution >= 4 is 0 Å². The molecule has 0 radical (unpaired) electrons. The van der Waals surface area contributed by atoms with Gasteiger partial charge in [0.2, 0.25) is 0 Å². The van der Waals surface area contributed by atoms with Crippen LogP contribution in [-0.2, 0) is 24.2 Å². The van der Waals surface area contributed by atoms with Gasteiger partial charge in [0.05, 0.1) is 12.2 Å². The summed E-state index contributed by atoms with van der Waals surface area (Å²) in [5.41, 5.74) is 2.36. The molecule has 2 aromatic carbocycles. The second-order valence-corrected chi connectivity index (χ2v) is 6.06. The number of aryl methyl sites for hydroxylation is 1. The van der Waals surface area contributed by atoms with Crippen molar-refractivity contribution in [3.05, 3.63) is 58.7 Å². The zero-order valence-corrected chi connectivity index (χ0v) is 13.3. The summed E-state index contributed by atoms with van der Waals surface area (Å²) in [4.78, 5) is 0. The summed E-state index contributed by atoms with van der Waals surface area (Å²) in [5, 5.41) is 0. The van der Waals surface area contributed by atoms with Gasteiger partial charge in [-0.25, -0.2) is 17.6 Å². The Morgan fingerprint density at radius 3 is 2.42 bits per heavy atom. The minimum atomic E-state index is -2.54. The Hall–Kier alpha value is -1.88. The molecule has 1 aliphatic rings. The first-order valence-electron chi connectivity index (χ1n) is 7.99. The van der Waals surface area contributed by atoms with Gasteiger partial charge in [0, 0.05) is 6.42 Å². The van der Waals surface area contributed by atoms with E-state index >= 15 is 0 Å². The molecule has 1 unspecified atom stereocenters. The quantitative estimate of drug-likeness (QED) is 0.688. The van der Waals surface area contributed by atoms with Gasteiger partial charge in [-0.05, 0) is 46.9 Å². The molecule has 0 aromatic heterocycles. The number of halogens is 4. The molecule has 2 aromatic rings. The van der Waals surface area contributed by atoms with Crippen molar-refractivity contribution in [1.29, 1.82) is 0 Å². The number of benzene rings is 2. The highest BCUT2D eigenvalue weighted by Gasteiger charge is 2.27. The van der Waals surface area contributed by atoms with E-state index in [0.29, 0.717) is 23.1 Å². The van der Waals surface area contributed by atoms with Crippen LogP contribution in [0, 0.1) is 11.6 Å². The van der Waals surface area contributed by atoms with E-state index in [-0.39, 0.29) is 18.6 Å². The number of ether oxygens (including phenoxy) is 1. The summed E-state index contributed by atoms with van der Waals surface area (Å²) in [6.07, 6.45) is -2.14. The highest BCUT2D eigenvalue weighted by Crippen LogP contribution is 2.32. The Balaban J connectivity index is 1.95. The molecule has 3 rings (SSSR count). The van der Waals surface area contributed by atoms with E-state index in [2.05, 4.69) is 0 Å². The molecular formula is C19H18F4O. The van der Waals surface area contributed by atoms with Crippen LogP contribution in [0.1, 0.15) is 30.0 Å². The molecule has 0 N–H and O–H groups in total. The molecule has 0 aliphatic carbocycles. The maximum absolute atomic E-state index is 14.3. The third-order valence-corrected chi connectivity index (χ3v) is 4.29. The second-order valence-electron chi connectivity index (χ2n) is 6.06. The van der Waals surface area contributed by atoms with Crippen LogP contribution in [0.25, 0.3) is 11.1 Å². The van der Waals surface area contributed by atoms with E-state index in [9.17, 15) is 17.6 Å². The van der Waals surface area contributed by atoms with Gasteiger partial charge in [0.1, 0.15) is 17.7 Å². The summed E-state index contributed by atoms with van der Waals surface area (Å²) < 4.78 is 59.3. The normalized spacial score (nSPS) is 17.2. The zero-order chi connectivity index (χ0) is 17.3. The van der Waals surface area contributed by atoms with E-state index in [4.69, 9.17) is 4.74 Å². The van der Waals surface area contributed by atoms with Crippen LogP contribution in [0.15, 0.2) is 30.3 Å². The number of rotatable bonds is 4. The molecule has 0 bridgehead atoms. The van der Waals surface area contributed by atoms with Gasteiger partial charge in [-0.1, -0.05) is 25.5 Å². The molecule has 1 aliphatic heterocycles. The summed E-state index contributed by atoms with van der Waals surface area (Å²) in [5.74, 6) is -1.22. The van der Waals surface area contributed by atoms with Gasteiger partial charge in [-0.3, -0.25) is 0 Å². The SMILES string of the molecule is CCCc1cc(F)c(-c2ccc3c(c2)COC(C(F)F)C3)c(F)c1. The third-order valence-electron chi connectivity index (χ3n) is 4.29. The lowest BCUT2D eigenvalue weighted by Crippen LogP contribution is -2.29. The molecule has 1 nitrogen and oxygen atoms in total. The number of hydrogen-bond acceptors (Lipinski definition) is 1. The van der Waals surface area contributed by atoms with Gasteiger partial charge < -0.3 is 4.74 Å². The molecule has 1 heterocycles. The fourth-order valence-electron chi connectivity index (χ4n) is 3.08. The molecule has 1 atom stereocenters. The Labute approximate surface area is 138 Å². The third kappa shape index (κ3) is 3.31. The topological polar surface area (TPSA) is 9.23 Å². The lowest BCUT2D eigenvalue weighted by molar-refractivity contribution is -0.0702. The smallest absolute Gasteiger partial charge is 0.264 e. The van der Waals surface area contributed by atoms with Crippen molar-refractivity contribution < 1.29 is 22.3 Å². The second kappa shape index (κ2) is 6.93. The van der Waals surface area contributed by atoms with Crippen molar-refractivity contribution in [2.45, 2.75) is 45.3 Å². The van der Waals surface area contributed by atoms with Crippen LogP contribution in [0.4, 0.5) is 17.6 Å². The van der Waals surface area contributed by atoms with Crippen molar-refractivity contribution in [2.75, 3.05) is 0 Å². The van der Waals surface area contributed by atoms with E-state index in [0.717, 1.165) is 12.0 Å². The van der Waals surface area contributed by atoms with Gasteiger partial charge in [-0.2, -0.15) is 0 Å². The molecule has 0 saturated carbocycles. The zero-order valence-electron chi connectivity index (χ0n) is 13.3. The molecule has 128 valence electrons. The minimum Gasteiger partial charge on any atom is -0.367 e. The van der Waals surface area contributed by atoms with Crippen molar-refractivity contribution in [3.8, 4) is 11.1 Å². The summed E-state index contributed by atoms with van der Waals surface area (Å²) >= 11 is 0. The van der Waals surface area contributed by atoms with Crippen molar-refractivity contribution in [1.82, 2.24) is 0 Å². The number of alkyl halides is 2. The highest BCUT2D eigenvalue weighted by atomic mass is 19.3. The summed E-state index contributed by atoms with van der Waals surface area (Å²) in [6.45, 7) is 1.97.